The molecule has 0 radical (unpaired) electrons. The second-order valence-corrected chi connectivity index (χ2v) is 32.2. The standard InChI is InChI=1S/C96H150N8O8.Zn/c1-9-17-25-33-41-49-57-105-81-65-73-74(66-82(81)106-58-50-42-34-26-18-10-2)90-97-89(73)101-91-75-67-83(107-59-51-43-35-27-19-11-3)84(108-60-52-44-36-28-20-12-4)68-76(75)93(98-91)103-95-79-71-87(111-63-55-47-39-31-23-15-7)88(112-64-56-48-40-32-24-16-8)72-80(79)96(100-95)104-94-78-70-86(110-62-54-46-38-30-22-14-6)85(69-77(78)92(99-94)102-90)109-61-53-45-37-29-21-13-5;/h65-72,97,100-104H,9-64H2,1-8H3;/q-2;+2. The van der Waals surface area contributed by atoms with Crippen molar-refractivity contribution in [2.24, 2.45) is 0 Å². The molecule has 0 spiro atoms. The Morgan fingerprint density at radius 2 is 0.319 bits per heavy atom. The number of anilines is 8. The van der Waals surface area contributed by atoms with Crippen LogP contribution < -0.4 is 69.1 Å². The maximum atomic E-state index is 6.94. The fraction of sp³-hybridized carbons (Fsp3) is 0.667. The summed E-state index contributed by atoms with van der Waals surface area (Å²) < 4.78 is 55.5. The topological polar surface area (TPSA) is 182 Å². The number of nitrogens with one attached hydrogen (secondary N) is 6. The predicted octanol–water partition coefficient (Wildman–Crippen LogP) is 30.1. The van der Waals surface area contributed by atoms with Gasteiger partial charge in [0.25, 0.3) is 0 Å². The summed E-state index contributed by atoms with van der Waals surface area (Å²) in [5.74, 6) is 11.2. The molecule has 0 aliphatic carbocycles. The molecule has 17 heteroatoms. The van der Waals surface area contributed by atoms with E-state index in [0.717, 1.165) is 192 Å². The van der Waals surface area contributed by atoms with Gasteiger partial charge in [0.1, 0.15) is 0 Å². The average molecular weight is 1610 g/mol. The van der Waals surface area contributed by atoms with Crippen molar-refractivity contribution in [2.45, 2.75) is 364 Å². The molecule has 8 bridgehead atoms. The monoisotopic (exact) mass is 1610 g/mol. The molecule has 5 heterocycles. The van der Waals surface area contributed by atoms with Crippen LogP contribution in [0.4, 0.5) is 46.5 Å². The van der Waals surface area contributed by atoms with Gasteiger partial charge in [0.05, 0.1) is 76.1 Å². The van der Waals surface area contributed by atoms with E-state index in [1.807, 2.05) is 0 Å². The zero-order valence-corrected chi connectivity index (χ0v) is 75.1. The molecule has 4 aromatic carbocycles. The number of nitrogens with zero attached hydrogens (tertiary/aromatic N) is 2. The van der Waals surface area contributed by atoms with Crippen LogP contribution in [0.15, 0.2) is 48.5 Å². The Kier molecular flexibility index (Phi) is 44.0. The fourth-order valence-corrected chi connectivity index (χ4v) is 15.5. The number of hydrogen-bond donors (Lipinski definition) is 6. The van der Waals surface area contributed by atoms with Gasteiger partial charge in [-0.25, -0.2) is 0 Å². The summed E-state index contributed by atoms with van der Waals surface area (Å²) in [7, 11) is 0. The summed E-state index contributed by atoms with van der Waals surface area (Å²) in [6.45, 7) is 22.9. The molecular formula is C96H150N8O8Zn. The van der Waals surface area contributed by atoms with Crippen molar-refractivity contribution in [1.82, 2.24) is 19.9 Å². The largest absolute Gasteiger partial charge is 2.00 e. The minimum Gasteiger partial charge on any atom is -0.490 e. The van der Waals surface area contributed by atoms with Gasteiger partial charge < -0.3 is 79.1 Å². The number of benzene rings is 4. The Hall–Kier alpha value is -6.74. The molecule has 6 N–H and O–H groups in total. The Balaban J connectivity index is 0.0000160. The maximum absolute atomic E-state index is 6.94. The zero-order chi connectivity index (χ0) is 78.4. The van der Waals surface area contributed by atoms with Gasteiger partial charge in [-0.05, 0) is 121 Å². The molecule has 4 aromatic heterocycles. The molecule has 0 fully saturated rings. The third kappa shape index (κ3) is 30.1. The van der Waals surface area contributed by atoms with Crippen LogP contribution >= 0.6 is 0 Å². The predicted molar refractivity (Wildman–Crippen MR) is 475 cm³/mol. The molecule has 0 unspecified atom stereocenters. The van der Waals surface area contributed by atoms with Crippen LogP contribution in [-0.4, -0.2) is 62.8 Å². The molecule has 0 atom stereocenters. The van der Waals surface area contributed by atoms with Crippen molar-refractivity contribution in [3.63, 3.8) is 0 Å². The van der Waals surface area contributed by atoms with E-state index in [9.17, 15) is 0 Å². The first-order chi connectivity index (χ1) is 55.3. The number of ether oxygens (including phenoxy) is 8. The number of rotatable bonds is 64. The van der Waals surface area contributed by atoms with Crippen molar-refractivity contribution < 1.29 is 57.4 Å². The third-order valence-corrected chi connectivity index (χ3v) is 22.4. The van der Waals surface area contributed by atoms with Crippen molar-refractivity contribution in [3.8, 4) is 46.0 Å². The summed E-state index contributed by atoms with van der Waals surface area (Å²) in [5, 5.41) is 23.0. The minimum atomic E-state index is 0. The van der Waals surface area contributed by atoms with Gasteiger partial charge in [-0.3, -0.25) is 0 Å². The average Bonchev–Trinajstić information content (AvgIpc) is 1.62. The maximum Gasteiger partial charge on any atom is 2.00 e. The first kappa shape index (κ1) is 91.8. The summed E-state index contributed by atoms with van der Waals surface area (Å²) in [5.41, 5.74) is 0. The molecule has 1 aliphatic rings. The molecule has 9 rings (SSSR count). The van der Waals surface area contributed by atoms with E-state index in [1.165, 1.54) is 205 Å². The van der Waals surface area contributed by atoms with Crippen LogP contribution in [0.3, 0.4) is 0 Å². The quantitative estimate of drug-likeness (QED) is 0.0156. The number of H-pyrrole nitrogens is 2. The minimum absolute atomic E-state index is 0. The molecule has 0 amide bonds. The number of unbranched alkanes of at least 4 members (excludes halogenated alkanes) is 40. The van der Waals surface area contributed by atoms with Gasteiger partial charge in [-0.1, -0.05) is 312 Å². The molecule has 16 nitrogen and oxygen atoms in total. The summed E-state index contributed by atoms with van der Waals surface area (Å²) >= 11 is 0. The second-order valence-electron chi connectivity index (χ2n) is 32.2. The number of hydrogen-bond acceptors (Lipinski definition) is 12. The first-order valence-corrected chi connectivity index (χ1v) is 46.1. The van der Waals surface area contributed by atoms with E-state index in [-0.39, 0.29) is 19.5 Å². The first-order valence-electron chi connectivity index (χ1n) is 46.1. The Morgan fingerprint density at radius 1 is 0.186 bits per heavy atom. The number of aromatic amines is 2. The van der Waals surface area contributed by atoms with Crippen LogP contribution in [0.1, 0.15) is 364 Å². The van der Waals surface area contributed by atoms with E-state index in [1.54, 1.807) is 0 Å². The second kappa shape index (κ2) is 54.2. The Morgan fingerprint density at radius 3 is 0.469 bits per heavy atom. The van der Waals surface area contributed by atoms with Gasteiger partial charge in [0, 0.05) is 44.8 Å². The van der Waals surface area contributed by atoms with Gasteiger partial charge in [-0.2, -0.15) is 0 Å². The SMILES string of the molecule is CCCCCCCCOc1cc2c3[n-]c(c2cc1OCCCCCCCC)Nc1[nH]c(c2cc(OCCCCCCCC)c(OCCCCCCCC)cc12)Nc1[n-]c(c2cc(OCCCCCCCC)c(OCCCCCCCC)cc12)Nc1[nH]c(c2cc(OCCCCCCCC)c(OCCCCCCCC)cc12)N3.[Zn+2]. The van der Waals surface area contributed by atoms with Crippen molar-refractivity contribution in [2.75, 3.05) is 74.1 Å². The van der Waals surface area contributed by atoms with E-state index >= 15 is 0 Å². The van der Waals surface area contributed by atoms with Gasteiger partial charge in [0.2, 0.25) is 0 Å². The smallest absolute Gasteiger partial charge is 0.490 e. The molecule has 8 aromatic rings. The summed E-state index contributed by atoms with van der Waals surface area (Å²) in [4.78, 5) is 19.2. The van der Waals surface area contributed by atoms with Crippen molar-refractivity contribution >= 4 is 89.6 Å². The van der Waals surface area contributed by atoms with Crippen LogP contribution in [0, 0.1) is 0 Å². The zero-order valence-electron chi connectivity index (χ0n) is 72.1. The van der Waals surface area contributed by atoms with Gasteiger partial charge in [0.15, 0.2) is 46.0 Å². The van der Waals surface area contributed by atoms with Gasteiger partial charge >= 0.3 is 19.5 Å². The fourth-order valence-electron chi connectivity index (χ4n) is 15.5. The third-order valence-electron chi connectivity index (χ3n) is 22.4. The van der Waals surface area contributed by atoms with Crippen LogP contribution in [0.2, 0.25) is 0 Å². The summed E-state index contributed by atoms with van der Waals surface area (Å²) in [6, 6.07) is 17.3. The van der Waals surface area contributed by atoms with Crippen molar-refractivity contribution in [3.05, 3.63) is 48.5 Å². The summed E-state index contributed by atoms with van der Waals surface area (Å²) in [6.07, 6.45) is 55.8. The molecule has 113 heavy (non-hydrogen) atoms. The Bertz CT molecular complexity index is 3160. The molecule has 1 aliphatic heterocycles. The normalized spacial score (nSPS) is 12.0. The van der Waals surface area contributed by atoms with Crippen LogP contribution in [-0.2, 0) is 19.5 Å². The number of aromatic nitrogens is 4. The molecular weight excluding hydrogens is 1460 g/mol. The van der Waals surface area contributed by atoms with Crippen molar-refractivity contribution in [1.29, 1.82) is 0 Å². The molecule has 0 saturated heterocycles. The molecule has 0 saturated carbocycles. The molecule has 624 valence electrons. The van der Waals surface area contributed by atoms with Crippen LogP contribution in [0.25, 0.3) is 43.1 Å². The van der Waals surface area contributed by atoms with E-state index in [0.29, 0.717) is 99.1 Å². The van der Waals surface area contributed by atoms with E-state index < -0.39 is 0 Å². The van der Waals surface area contributed by atoms with Crippen LogP contribution in [0.5, 0.6) is 46.0 Å². The number of fused-ring (bicyclic) bond motifs is 20. The van der Waals surface area contributed by atoms with E-state index in [4.69, 9.17) is 47.9 Å². The van der Waals surface area contributed by atoms with E-state index in [2.05, 4.69) is 135 Å². The van der Waals surface area contributed by atoms with Gasteiger partial charge in [-0.15, -0.1) is 0 Å². The Labute approximate surface area is 695 Å².